The number of anilines is 1. The molecule has 0 bridgehead atoms. The highest BCUT2D eigenvalue weighted by Gasteiger charge is 2.27. The van der Waals surface area contributed by atoms with Crippen LogP contribution in [0.15, 0.2) is 24.3 Å². The fourth-order valence-electron chi connectivity index (χ4n) is 1.66. The molecule has 0 saturated heterocycles. The zero-order valence-corrected chi connectivity index (χ0v) is 9.10. The minimum absolute atomic E-state index is 0.223. The van der Waals surface area contributed by atoms with Crippen LogP contribution in [0, 0.1) is 5.82 Å². The maximum absolute atomic E-state index is 12.8. The van der Waals surface area contributed by atoms with Crippen LogP contribution in [-0.4, -0.2) is 15.0 Å². The molecule has 0 unspecified atom stereocenters. The van der Waals surface area contributed by atoms with E-state index < -0.39 is 0 Å². The second-order valence-electron chi connectivity index (χ2n) is 4.16. The third-order valence-corrected chi connectivity index (χ3v) is 2.71. The Balaban J connectivity index is 2.04. The van der Waals surface area contributed by atoms with Crippen LogP contribution in [0.3, 0.4) is 0 Å². The van der Waals surface area contributed by atoms with Crippen LogP contribution in [0.1, 0.15) is 24.6 Å². The number of aromatic nitrogens is 3. The van der Waals surface area contributed by atoms with Crippen molar-refractivity contribution >= 4 is 5.95 Å². The van der Waals surface area contributed by atoms with Gasteiger partial charge in [-0.05, 0) is 37.1 Å². The predicted molar refractivity (Wildman–Crippen MR) is 61.6 cm³/mol. The lowest BCUT2D eigenvalue weighted by molar-refractivity contribution is 0.628. The van der Waals surface area contributed by atoms with E-state index in [1.165, 1.54) is 12.1 Å². The molecule has 0 radical (unpaired) electrons. The normalized spacial score (nSPS) is 14.9. The van der Waals surface area contributed by atoms with Crippen molar-refractivity contribution in [3.8, 4) is 11.4 Å². The zero-order chi connectivity index (χ0) is 11.8. The number of nitrogens with zero attached hydrogens (tertiary/aromatic N) is 3. The summed E-state index contributed by atoms with van der Waals surface area (Å²) in [5, 5.41) is 0. The van der Waals surface area contributed by atoms with Gasteiger partial charge in [0.25, 0.3) is 0 Å². The summed E-state index contributed by atoms with van der Waals surface area (Å²) in [6, 6.07) is 6.04. The lowest BCUT2D eigenvalue weighted by Crippen LogP contribution is -2.04. The van der Waals surface area contributed by atoms with Crippen LogP contribution in [0.25, 0.3) is 11.4 Å². The van der Waals surface area contributed by atoms with Gasteiger partial charge in [0.05, 0.1) is 0 Å². The Hall–Kier alpha value is -2.04. The van der Waals surface area contributed by atoms with Gasteiger partial charge in [0, 0.05) is 11.5 Å². The van der Waals surface area contributed by atoms with Crippen LogP contribution in [0.5, 0.6) is 0 Å². The average molecular weight is 230 g/mol. The first-order valence-electron chi connectivity index (χ1n) is 5.50. The number of rotatable bonds is 2. The van der Waals surface area contributed by atoms with Crippen molar-refractivity contribution in [1.82, 2.24) is 15.0 Å². The van der Waals surface area contributed by atoms with Gasteiger partial charge in [0.15, 0.2) is 5.82 Å². The molecule has 1 saturated carbocycles. The van der Waals surface area contributed by atoms with Gasteiger partial charge in [-0.3, -0.25) is 0 Å². The molecule has 1 aliphatic carbocycles. The Morgan fingerprint density at radius 1 is 1.06 bits per heavy atom. The Labute approximate surface area is 97.7 Å². The first-order valence-corrected chi connectivity index (χ1v) is 5.50. The van der Waals surface area contributed by atoms with Crippen LogP contribution < -0.4 is 5.73 Å². The van der Waals surface area contributed by atoms with Crippen molar-refractivity contribution in [3.63, 3.8) is 0 Å². The highest BCUT2D eigenvalue weighted by atomic mass is 19.1. The maximum Gasteiger partial charge on any atom is 0.223 e. The number of hydrogen-bond acceptors (Lipinski definition) is 4. The molecule has 0 spiro atoms. The molecule has 1 aromatic heterocycles. The number of nitrogens with two attached hydrogens (primary N) is 1. The van der Waals surface area contributed by atoms with Gasteiger partial charge < -0.3 is 5.73 Å². The molecule has 3 rings (SSSR count). The zero-order valence-electron chi connectivity index (χ0n) is 9.10. The van der Waals surface area contributed by atoms with Crippen LogP contribution in [0.2, 0.25) is 0 Å². The van der Waals surface area contributed by atoms with E-state index >= 15 is 0 Å². The van der Waals surface area contributed by atoms with Crippen LogP contribution in [-0.2, 0) is 0 Å². The van der Waals surface area contributed by atoms with E-state index in [1.807, 2.05) is 0 Å². The number of nitrogen functional groups attached to an aromatic ring is 1. The van der Waals surface area contributed by atoms with E-state index in [9.17, 15) is 4.39 Å². The van der Waals surface area contributed by atoms with Crippen LogP contribution >= 0.6 is 0 Å². The molecule has 5 heteroatoms. The van der Waals surface area contributed by atoms with Crippen LogP contribution in [0.4, 0.5) is 10.3 Å². The number of halogens is 1. The van der Waals surface area contributed by atoms with Gasteiger partial charge in [-0.25, -0.2) is 9.37 Å². The molecule has 86 valence electrons. The summed E-state index contributed by atoms with van der Waals surface area (Å²) in [5.74, 6) is 1.62. The highest BCUT2D eigenvalue weighted by Crippen LogP contribution is 2.38. The summed E-state index contributed by atoms with van der Waals surface area (Å²) in [5.41, 5.74) is 6.41. The first kappa shape index (κ1) is 10.1. The van der Waals surface area contributed by atoms with E-state index in [0.29, 0.717) is 11.7 Å². The molecule has 0 aliphatic heterocycles. The van der Waals surface area contributed by atoms with Gasteiger partial charge in [-0.15, -0.1) is 0 Å². The monoisotopic (exact) mass is 230 g/mol. The molecule has 2 N–H and O–H groups in total. The Morgan fingerprint density at radius 3 is 2.41 bits per heavy atom. The van der Waals surface area contributed by atoms with Crippen molar-refractivity contribution < 1.29 is 4.39 Å². The minimum Gasteiger partial charge on any atom is -0.368 e. The van der Waals surface area contributed by atoms with E-state index in [4.69, 9.17) is 5.73 Å². The highest BCUT2D eigenvalue weighted by molar-refractivity contribution is 5.55. The van der Waals surface area contributed by atoms with Gasteiger partial charge in [-0.1, -0.05) is 0 Å². The molecule has 1 aromatic carbocycles. The van der Waals surface area contributed by atoms with Gasteiger partial charge in [0.1, 0.15) is 11.6 Å². The van der Waals surface area contributed by atoms with Gasteiger partial charge in [-0.2, -0.15) is 9.97 Å². The van der Waals surface area contributed by atoms with Gasteiger partial charge >= 0.3 is 0 Å². The largest absolute Gasteiger partial charge is 0.368 e. The Bertz CT molecular complexity index is 549. The molecule has 0 amide bonds. The van der Waals surface area contributed by atoms with E-state index in [0.717, 1.165) is 24.2 Å². The lowest BCUT2D eigenvalue weighted by Gasteiger charge is -2.03. The van der Waals surface area contributed by atoms with E-state index in [2.05, 4.69) is 15.0 Å². The molecule has 0 atom stereocenters. The topological polar surface area (TPSA) is 64.7 Å². The van der Waals surface area contributed by atoms with E-state index in [-0.39, 0.29) is 11.8 Å². The molecule has 2 aromatic rings. The van der Waals surface area contributed by atoms with Gasteiger partial charge in [0.2, 0.25) is 5.95 Å². The minimum atomic E-state index is -0.279. The SMILES string of the molecule is Nc1nc(-c2ccc(F)cc2)nc(C2CC2)n1. The molecular formula is C12H11FN4. The first-order chi connectivity index (χ1) is 8.22. The summed E-state index contributed by atoms with van der Waals surface area (Å²) >= 11 is 0. The Kier molecular flexibility index (Phi) is 2.24. The standard InChI is InChI=1S/C12H11FN4/c13-9-5-3-8(4-6-9)11-15-10(7-1-2-7)16-12(14)17-11/h3-7H,1-2H2,(H2,14,15,16,17). The average Bonchev–Trinajstić information content (AvgIpc) is 3.13. The fourth-order valence-corrected chi connectivity index (χ4v) is 1.66. The van der Waals surface area contributed by atoms with Crippen molar-refractivity contribution in [3.05, 3.63) is 35.9 Å². The van der Waals surface area contributed by atoms with Crippen molar-refractivity contribution in [2.45, 2.75) is 18.8 Å². The second-order valence-corrected chi connectivity index (χ2v) is 4.16. The molecule has 1 fully saturated rings. The number of benzene rings is 1. The lowest BCUT2D eigenvalue weighted by atomic mass is 10.2. The maximum atomic E-state index is 12.8. The summed E-state index contributed by atoms with van der Waals surface area (Å²) in [4.78, 5) is 12.6. The molecule has 1 aliphatic rings. The third-order valence-electron chi connectivity index (χ3n) is 2.71. The molecule has 1 heterocycles. The van der Waals surface area contributed by atoms with E-state index in [1.54, 1.807) is 12.1 Å². The summed E-state index contributed by atoms with van der Waals surface area (Å²) in [7, 11) is 0. The quantitative estimate of drug-likeness (QED) is 0.858. The van der Waals surface area contributed by atoms with Crippen molar-refractivity contribution in [2.75, 3.05) is 5.73 Å². The summed E-state index contributed by atoms with van der Waals surface area (Å²) in [6.07, 6.45) is 2.21. The fraction of sp³-hybridized carbons (Fsp3) is 0.250. The molecular weight excluding hydrogens is 219 g/mol. The summed E-state index contributed by atoms with van der Waals surface area (Å²) < 4.78 is 12.8. The third kappa shape index (κ3) is 2.08. The molecule has 4 nitrogen and oxygen atoms in total. The smallest absolute Gasteiger partial charge is 0.223 e. The Morgan fingerprint density at radius 2 is 1.76 bits per heavy atom. The second kappa shape index (κ2) is 3.76. The number of hydrogen-bond donors (Lipinski definition) is 1. The summed E-state index contributed by atoms with van der Waals surface area (Å²) in [6.45, 7) is 0. The van der Waals surface area contributed by atoms with Crippen molar-refractivity contribution in [2.24, 2.45) is 0 Å². The predicted octanol–water partition coefficient (Wildman–Crippen LogP) is 2.14. The molecule has 17 heavy (non-hydrogen) atoms. The van der Waals surface area contributed by atoms with Crippen molar-refractivity contribution in [1.29, 1.82) is 0 Å².